The van der Waals surface area contributed by atoms with Crippen LogP contribution in [0.25, 0.3) is 0 Å². The van der Waals surface area contributed by atoms with Crippen LogP contribution in [0.2, 0.25) is 0 Å². The molecule has 0 aromatic heterocycles. The summed E-state index contributed by atoms with van der Waals surface area (Å²) in [6.07, 6.45) is 0. The minimum absolute atomic E-state index is 0.253. The Bertz CT molecular complexity index is 635. The monoisotopic (exact) mass is 403 g/mol. The molecule has 0 atom stereocenters. The highest BCUT2D eigenvalue weighted by Crippen LogP contribution is 2.30. The average molecular weight is 405 g/mol. The SMILES string of the molecule is COc1ccc(Br)c(COc2cc(F)c(Br)cc2N)c1. The number of hydrogen-bond donors (Lipinski definition) is 1. The van der Waals surface area contributed by atoms with E-state index in [2.05, 4.69) is 31.9 Å². The molecular weight excluding hydrogens is 393 g/mol. The van der Waals surface area contributed by atoms with E-state index in [9.17, 15) is 4.39 Å². The Kier molecular flexibility index (Phi) is 4.88. The molecule has 20 heavy (non-hydrogen) atoms. The molecule has 0 spiro atoms. The Labute approximate surface area is 133 Å². The summed E-state index contributed by atoms with van der Waals surface area (Å²) in [6, 6.07) is 8.28. The third kappa shape index (κ3) is 3.43. The minimum Gasteiger partial charge on any atom is -0.497 e. The summed E-state index contributed by atoms with van der Waals surface area (Å²) < 4.78 is 25.4. The average Bonchev–Trinajstić information content (AvgIpc) is 2.43. The maximum atomic E-state index is 13.5. The molecule has 2 aromatic rings. The standard InChI is InChI=1S/C14H12Br2FNO2/c1-19-9-2-3-10(15)8(4-9)7-20-14-6-12(17)11(16)5-13(14)18/h2-6H,7,18H2,1H3. The third-order valence-corrected chi connectivity index (χ3v) is 4.07. The molecule has 0 fully saturated rings. The molecule has 0 radical (unpaired) electrons. The zero-order valence-electron chi connectivity index (χ0n) is 10.6. The van der Waals surface area contributed by atoms with Crippen LogP contribution in [0.4, 0.5) is 10.1 Å². The molecule has 0 aliphatic rings. The van der Waals surface area contributed by atoms with Crippen molar-refractivity contribution in [3.8, 4) is 11.5 Å². The summed E-state index contributed by atoms with van der Waals surface area (Å²) in [5, 5.41) is 0. The first kappa shape index (κ1) is 15.1. The first-order valence-corrected chi connectivity index (χ1v) is 7.29. The Morgan fingerprint density at radius 3 is 2.60 bits per heavy atom. The Hall–Kier alpha value is -1.27. The van der Waals surface area contributed by atoms with Gasteiger partial charge >= 0.3 is 0 Å². The van der Waals surface area contributed by atoms with Crippen LogP contribution in [0.3, 0.4) is 0 Å². The van der Waals surface area contributed by atoms with Crippen LogP contribution >= 0.6 is 31.9 Å². The van der Waals surface area contributed by atoms with Crippen molar-refractivity contribution in [3.05, 3.63) is 50.7 Å². The van der Waals surface area contributed by atoms with E-state index in [0.717, 1.165) is 15.8 Å². The fraction of sp³-hybridized carbons (Fsp3) is 0.143. The molecule has 3 nitrogen and oxygen atoms in total. The highest BCUT2D eigenvalue weighted by Gasteiger charge is 2.09. The molecule has 6 heteroatoms. The van der Waals surface area contributed by atoms with Gasteiger partial charge in [0.05, 0.1) is 17.3 Å². The molecule has 0 unspecified atom stereocenters. The van der Waals surface area contributed by atoms with Gasteiger partial charge in [-0.3, -0.25) is 0 Å². The molecule has 0 bridgehead atoms. The highest BCUT2D eigenvalue weighted by molar-refractivity contribution is 9.10. The molecule has 2 aromatic carbocycles. The summed E-state index contributed by atoms with van der Waals surface area (Å²) in [7, 11) is 1.59. The van der Waals surface area contributed by atoms with Crippen molar-refractivity contribution in [2.45, 2.75) is 6.61 Å². The number of ether oxygens (including phenoxy) is 2. The third-order valence-electron chi connectivity index (χ3n) is 2.69. The summed E-state index contributed by atoms with van der Waals surface area (Å²) in [4.78, 5) is 0. The van der Waals surface area contributed by atoms with Gasteiger partial charge in [-0.25, -0.2) is 4.39 Å². The van der Waals surface area contributed by atoms with Crippen molar-refractivity contribution in [2.24, 2.45) is 0 Å². The minimum atomic E-state index is -0.418. The zero-order chi connectivity index (χ0) is 14.7. The van der Waals surface area contributed by atoms with Crippen LogP contribution in [0, 0.1) is 5.82 Å². The summed E-state index contributed by atoms with van der Waals surface area (Å²) in [5.41, 5.74) is 7.04. The first-order valence-electron chi connectivity index (χ1n) is 5.71. The molecule has 2 N–H and O–H groups in total. The van der Waals surface area contributed by atoms with Crippen LogP contribution in [-0.4, -0.2) is 7.11 Å². The lowest BCUT2D eigenvalue weighted by molar-refractivity contribution is 0.304. The van der Waals surface area contributed by atoms with Crippen LogP contribution in [0.15, 0.2) is 39.3 Å². The number of rotatable bonds is 4. The van der Waals surface area contributed by atoms with Crippen molar-refractivity contribution < 1.29 is 13.9 Å². The summed E-state index contributed by atoms with van der Waals surface area (Å²) in [5.74, 6) is 0.612. The predicted molar refractivity (Wildman–Crippen MR) is 83.5 cm³/mol. The van der Waals surface area contributed by atoms with E-state index in [1.165, 1.54) is 12.1 Å². The second-order valence-electron chi connectivity index (χ2n) is 4.05. The summed E-state index contributed by atoms with van der Waals surface area (Å²) >= 11 is 6.50. The largest absolute Gasteiger partial charge is 0.497 e. The van der Waals surface area contributed by atoms with E-state index in [4.69, 9.17) is 15.2 Å². The molecule has 0 saturated heterocycles. The second kappa shape index (κ2) is 6.45. The van der Waals surface area contributed by atoms with E-state index < -0.39 is 5.82 Å². The maximum absolute atomic E-state index is 13.5. The number of halogens is 3. The maximum Gasteiger partial charge on any atom is 0.145 e. The van der Waals surface area contributed by atoms with Crippen LogP contribution < -0.4 is 15.2 Å². The Morgan fingerprint density at radius 1 is 1.15 bits per heavy atom. The van der Waals surface area contributed by atoms with Gasteiger partial charge in [-0.05, 0) is 40.2 Å². The number of methoxy groups -OCH3 is 1. The van der Waals surface area contributed by atoms with E-state index in [1.54, 1.807) is 7.11 Å². The van der Waals surface area contributed by atoms with Crippen molar-refractivity contribution in [3.63, 3.8) is 0 Å². The molecule has 2 rings (SSSR count). The summed E-state index contributed by atoms with van der Waals surface area (Å²) in [6.45, 7) is 0.253. The second-order valence-corrected chi connectivity index (χ2v) is 5.76. The fourth-order valence-electron chi connectivity index (χ4n) is 1.61. The van der Waals surface area contributed by atoms with Gasteiger partial charge in [0.2, 0.25) is 0 Å². The molecule has 0 aliphatic carbocycles. The molecule has 0 saturated carbocycles. The lowest BCUT2D eigenvalue weighted by Crippen LogP contribution is -2.01. The van der Waals surface area contributed by atoms with E-state index >= 15 is 0 Å². The first-order chi connectivity index (χ1) is 9.51. The van der Waals surface area contributed by atoms with Gasteiger partial charge in [0, 0.05) is 16.1 Å². The van der Waals surface area contributed by atoms with Gasteiger partial charge in [0.1, 0.15) is 23.9 Å². The van der Waals surface area contributed by atoms with Gasteiger partial charge < -0.3 is 15.2 Å². The number of hydrogen-bond acceptors (Lipinski definition) is 3. The Morgan fingerprint density at radius 2 is 1.90 bits per heavy atom. The van der Waals surface area contributed by atoms with Crippen LogP contribution in [0.5, 0.6) is 11.5 Å². The van der Waals surface area contributed by atoms with Crippen molar-refractivity contribution in [1.29, 1.82) is 0 Å². The molecular formula is C14H12Br2FNO2. The van der Waals surface area contributed by atoms with Crippen molar-refractivity contribution in [1.82, 2.24) is 0 Å². The van der Waals surface area contributed by atoms with Gasteiger partial charge in [-0.2, -0.15) is 0 Å². The molecule has 0 heterocycles. The smallest absolute Gasteiger partial charge is 0.145 e. The number of nitrogens with two attached hydrogens (primary N) is 1. The van der Waals surface area contributed by atoms with Crippen molar-refractivity contribution in [2.75, 3.05) is 12.8 Å². The fourth-order valence-corrected chi connectivity index (χ4v) is 2.34. The van der Waals surface area contributed by atoms with Gasteiger partial charge in [0.15, 0.2) is 0 Å². The molecule has 106 valence electrons. The zero-order valence-corrected chi connectivity index (χ0v) is 13.8. The van der Waals surface area contributed by atoms with E-state index in [1.807, 2.05) is 18.2 Å². The topological polar surface area (TPSA) is 44.5 Å². The lowest BCUT2D eigenvalue weighted by atomic mass is 10.2. The predicted octanol–water partition coefficient (Wildman–Crippen LogP) is 4.52. The Balaban J connectivity index is 2.18. The number of nitrogen functional groups attached to an aromatic ring is 1. The van der Waals surface area contributed by atoms with Crippen LogP contribution in [-0.2, 0) is 6.61 Å². The molecule has 0 amide bonds. The normalized spacial score (nSPS) is 10.4. The lowest BCUT2D eigenvalue weighted by Gasteiger charge is -2.12. The van der Waals surface area contributed by atoms with E-state index in [0.29, 0.717) is 15.9 Å². The van der Waals surface area contributed by atoms with Crippen molar-refractivity contribution >= 4 is 37.5 Å². The number of anilines is 1. The quantitative estimate of drug-likeness (QED) is 0.762. The highest BCUT2D eigenvalue weighted by atomic mass is 79.9. The number of benzene rings is 2. The van der Waals surface area contributed by atoms with Gasteiger partial charge in [-0.1, -0.05) is 15.9 Å². The van der Waals surface area contributed by atoms with Crippen LogP contribution in [0.1, 0.15) is 5.56 Å². The van der Waals surface area contributed by atoms with Gasteiger partial charge in [0.25, 0.3) is 0 Å². The van der Waals surface area contributed by atoms with E-state index in [-0.39, 0.29) is 6.61 Å². The molecule has 0 aliphatic heterocycles. The van der Waals surface area contributed by atoms with Gasteiger partial charge in [-0.15, -0.1) is 0 Å².